The summed E-state index contributed by atoms with van der Waals surface area (Å²) in [4.78, 5) is 12.5. The highest BCUT2D eigenvalue weighted by atomic mass is 35.5. The maximum atomic E-state index is 13.4. The number of hydrogen-bond acceptors (Lipinski definition) is 5. The van der Waals surface area contributed by atoms with Crippen molar-refractivity contribution in [2.24, 2.45) is 5.10 Å². The van der Waals surface area contributed by atoms with Gasteiger partial charge in [-0.1, -0.05) is 60.1 Å². The Morgan fingerprint density at radius 2 is 1.56 bits per heavy atom. The number of halogens is 4. The van der Waals surface area contributed by atoms with Gasteiger partial charge in [-0.25, -0.2) is 13.8 Å². The van der Waals surface area contributed by atoms with Crippen LogP contribution in [0.25, 0.3) is 0 Å². The minimum atomic E-state index is -4.77. The summed E-state index contributed by atoms with van der Waals surface area (Å²) in [7, 11) is -4.49. The van der Waals surface area contributed by atoms with Crippen LogP contribution in [0, 0.1) is 0 Å². The Hall–Kier alpha value is -4.35. The maximum Gasteiger partial charge on any atom is 0.416 e. The lowest BCUT2D eigenvalue weighted by Crippen LogP contribution is -2.40. The number of alkyl halides is 3. The molecule has 0 bridgehead atoms. The smallest absolute Gasteiger partial charge is 0.416 e. The molecule has 0 heterocycles. The molecule has 0 aliphatic carbocycles. The van der Waals surface area contributed by atoms with E-state index in [-0.39, 0.29) is 9.92 Å². The third-order valence-electron chi connectivity index (χ3n) is 5.69. The minimum Gasteiger partial charge on any atom is -0.489 e. The number of nitrogens with one attached hydrogen (secondary N) is 1. The molecule has 0 aliphatic heterocycles. The molecule has 0 fully saturated rings. The Morgan fingerprint density at radius 3 is 2.20 bits per heavy atom. The summed E-state index contributed by atoms with van der Waals surface area (Å²) >= 11 is 6.13. The van der Waals surface area contributed by atoms with Gasteiger partial charge in [0, 0.05) is 0 Å². The predicted octanol–water partition coefficient (Wildman–Crippen LogP) is 6.28. The molecule has 1 N–H and O–H groups in total. The summed E-state index contributed by atoms with van der Waals surface area (Å²) in [6.45, 7) is -0.496. The Kier molecular flexibility index (Phi) is 9.31. The highest BCUT2D eigenvalue weighted by Crippen LogP contribution is 2.37. The van der Waals surface area contributed by atoms with E-state index in [2.05, 4.69) is 10.5 Å². The number of sulfonamides is 1. The SMILES string of the molecule is O=C(CN(c1cc(C(F)(F)F)ccc1Cl)S(=O)(=O)c1ccccc1)N/N=C/c1ccc(OCc2ccccc2)cc1. The molecule has 1 amide bonds. The lowest BCUT2D eigenvalue weighted by atomic mass is 10.2. The molecule has 0 unspecified atom stereocenters. The Bertz CT molecular complexity index is 1620. The van der Waals surface area contributed by atoms with Crippen molar-refractivity contribution in [1.29, 1.82) is 0 Å². The third-order valence-corrected chi connectivity index (χ3v) is 7.79. The normalized spacial score (nSPS) is 11.8. The summed E-state index contributed by atoms with van der Waals surface area (Å²) in [6.07, 6.45) is -3.44. The number of benzene rings is 4. The highest BCUT2D eigenvalue weighted by Gasteiger charge is 2.34. The van der Waals surface area contributed by atoms with E-state index in [1.54, 1.807) is 30.3 Å². The van der Waals surface area contributed by atoms with Crippen LogP contribution in [-0.2, 0) is 27.6 Å². The zero-order valence-electron chi connectivity index (χ0n) is 21.3. The molecule has 0 saturated carbocycles. The van der Waals surface area contributed by atoms with Crippen LogP contribution in [0.1, 0.15) is 16.7 Å². The Balaban J connectivity index is 1.48. The number of hydrazone groups is 1. The number of anilines is 1. The number of carbonyl (C=O) groups excluding carboxylic acids is 1. The summed E-state index contributed by atoms with van der Waals surface area (Å²) in [5.41, 5.74) is 2.19. The van der Waals surface area contributed by atoms with Crippen LogP contribution in [0.2, 0.25) is 5.02 Å². The summed E-state index contributed by atoms with van der Waals surface area (Å²) in [6, 6.07) is 25.7. The summed E-state index contributed by atoms with van der Waals surface area (Å²) in [5.74, 6) is -0.285. The Labute approximate surface area is 239 Å². The van der Waals surface area contributed by atoms with E-state index in [0.29, 0.717) is 28.3 Å². The van der Waals surface area contributed by atoms with Gasteiger partial charge in [-0.3, -0.25) is 9.10 Å². The standard InChI is InChI=1S/C29H23ClF3N3O4S/c30-26-16-13-23(29(31,32)33)17-27(26)36(41(38,39)25-9-5-2-6-10-25)19-28(37)35-34-18-21-11-14-24(15-12-21)40-20-22-7-3-1-4-8-22/h1-18H,19-20H2,(H,35,37)/b34-18+. The van der Waals surface area contributed by atoms with E-state index in [9.17, 15) is 26.4 Å². The first kappa shape index (κ1) is 29.6. The molecule has 0 saturated heterocycles. The van der Waals surface area contributed by atoms with Crippen molar-refractivity contribution in [1.82, 2.24) is 5.43 Å². The Morgan fingerprint density at radius 1 is 0.927 bits per heavy atom. The van der Waals surface area contributed by atoms with Gasteiger partial charge in [0.2, 0.25) is 0 Å². The van der Waals surface area contributed by atoms with Gasteiger partial charge in [0.05, 0.1) is 27.4 Å². The van der Waals surface area contributed by atoms with E-state index in [1.807, 2.05) is 30.3 Å². The van der Waals surface area contributed by atoms with Gasteiger partial charge in [0.25, 0.3) is 15.9 Å². The zero-order chi connectivity index (χ0) is 29.5. The fourth-order valence-corrected chi connectivity index (χ4v) is 5.36. The van der Waals surface area contributed by atoms with E-state index >= 15 is 0 Å². The topological polar surface area (TPSA) is 88.1 Å². The lowest BCUT2D eigenvalue weighted by molar-refractivity contribution is -0.137. The van der Waals surface area contributed by atoms with E-state index in [0.717, 1.165) is 17.7 Å². The van der Waals surface area contributed by atoms with Crippen LogP contribution < -0.4 is 14.5 Å². The molecule has 41 heavy (non-hydrogen) atoms. The maximum absolute atomic E-state index is 13.4. The largest absolute Gasteiger partial charge is 0.489 e. The first-order chi connectivity index (χ1) is 19.5. The van der Waals surface area contributed by atoms with Crippen molar-refractivity contribution in [2.75, 3.05) is 10.8 Å². The van der Waals surface area contributed by atoms with Gasteiger partial charge in [0.1, 0.15) is 18.9 Å². The molecular formula is C29H23ClF3N3O4S. The average Bonchev–Trinajstić information content (AvgIpc) is 2.96. The van der Waals surface area contributed by atoms with Crippen molar-refractivity contribution in [3.63, 3.8) is 0 Å². The van der Waals surface area contributed by atoms with Crippen molar-refractivity contribution in [3.8, 4) is 5.75 Å². The van der Waals surface area contributed by atoms with Crippen molar-refractivity contribution < 1.29 is 31.1 Å². The van der Waals surface area contributed by atoms with Crippen molar-refractivity contribution in [3.05, 3.63) is 125 Å². The summed E-state index contributed by atoms with van der Waals surface area (Å²) in [5, 5.41) is 3.56. The number of rotatable bonds is 10. The minimum absolute atomic E-state index is 0.237. The van der Waals surface area contributed by atoms with E-state index in [1.165, 1.54) is 30.5 Å². The van der Waals surface area contributed by atoms with Crippen molar-refractivity contribution in [2.45, 2.75) is 17.7 Å². The molecule has 212 valence electrons. The number of ether oxygens (including phenoxy) is 1. The fourth-order valence-electron chi connectivity index (χ4n) is 3.64. The van der Waals surface area contributed by atoms with Gasteiger partial charge >= 0.3 is 6.18 Å². The predicted molar refractivity (Wildman–Crippen MR) is 150 cm³/mol. The molecule has 0 aliphatic rings. The second kappa shape index (κ2) is 12.9. The molecule has 4 rings (SSSR count). The molecule has 0 spiro atoms. The lowest BCUT2D eigenvalue weighted by Gasteiger charge is -2.25. The number of hydrogen-bond donors (Lipinski definition) is 1. The molecule has 7 nitrogen and oxygen atoms in total. The van der Waals surface area contributed by atoms with Crippen LogP contribution in [0.3, 0.4) is 0 Å². The number of nitrogens with zero attached hydrogens (tertiary/aromatic N) is 2. The number of carbonyl (C=O) groups is 1. The first-order valence-electron chi connectivity index (χ1n) is 12.1. The van der Waals surface area contributed by atoms with Crippen LogP contribution in [0.5, 0.6) is 5.75 Å². The second-order valence-corrected chi connectivity index (χ2v) is 10.9. The zero-order valence-corrected chi connectivity index (χ0v) is 22.8. The average molecular weight is 602 g/mol. The van der Waals surface area contributed by atoms with Gasteiger partial charge in [-0.15, -0.1) is 0 Å². The second-order valence-electron chi connectivity index (χ2n) is 8.63. The quantitative estimate of drug-likeness (QED) is 0.171. The molecule has 0 aromatic heterocycles. The van der Waals surface area contributed by atoms with Gasteiger partial charge in [-0.05, 0) is 65.7 Å². The van der Waals surface area contributed by atoms with Crippen LogP contribution in [-0.4, -0.2) is 27.1 Å². The van der Waals surface area contributed by atoms with Gasteiger partial charge in [-0.2, -0.15) is 18.3 Å². The molecule has 4 aromatic rings. The summed E-state index contributed by atoms with van der Waals surface area (Å²) < 4.78 is 73.3. The molecule has 0 atom stereocenters. The number of amides is 1. The highest BCUT2D eigenvalue weighted by molar-refractivity contribution is 7.92. The van der Waals surface area contributed by atoms with E-state index < -0.39 is 39.9 Å². The van der Waals surface area contributed by atoms with Crippen molar-refractivity contribution >= 4 is 39.4 Å². The van der Waals surface area contributed by atoms with E-state index in [4.69, 9.17) is 16.3 Å². The fraction of sp³-hybridized carbons (Fsp3) is 0.103. The van der Waals surface area contributed by atoms with Crippen LogP contribution in [0.15, 0.2) is 113 Å². The molecule has 4 aromatic carbocycles. The molecular weight excluding hydrogens is 579 g/mol. The van der Waals surface area contributed by atoms with Gasteiger partial charge in [0.15, 0.2) is 0 Å². The van der Waals surface area contributed by atoms with Gasteiger partial charge < -0.3 is 4.74 Å². The monoisotopic (exact) mass is 601 g/mol. The molecule has 0 radical (unpaired) electrons. The van der Waals surface area contributed by atoms with Crippen LogP contribution >= 0.6 is 11.6 Å². The third kappa shape index (κ3) is 7.86. The molecule has 12 heteroatoms. The first-order valence-corrected chi connectivity index (χ1v) is 13.9. The van der Waals surface area contributed by atoms with Crippen LogP contribution in [0.4, 0.5) is 18.9 Å².